The summed E-state index contributed by atoms with van der Waals surface area (Å²) in [6, 6.07) is 27.0. The summed E-state index contributed by atoms with van der Waals surface area (Å²) >= 11 is 0. The van der Waals surface area contributed by atoms with Crippen molar-refractivity contribution < 1.29 is 9.21 Å². The number of carbonyl (C=O) groups excluding carboxylic acids is 1. The Balaban J connectivity index is 1.37. The molecular formula is C27H22N4O2. The maximum atomic E-state index is 12.9. The van der Waals surface area contributed by atoms with E-state index in [0.717, 1.165) is 27.9 Å². The van der Waals surface area contributed by atoms with Gasteiger partial charge in [-0.15, -0.1) is 0 Å². The van der Waals surface area contributed by atoms with Gasteiger partial charge in [-0.05, 0) is 38.1 Å². The highest BCUT2D eigenvalue weighted by atomic mass is 16.3. The van der Waals surface area contributed by atoms with Gasteiger partial charge in [-0.25, -0.2) is 9.97 Å². The lowest BCUT2D eigenvalue weighted by atomic mass is 10.1. The molecule has 2 aromatic heterocycles. The molecule has 3 aromatic carbocycles. The largest absolute Gasteiger partial charge is 0.451 e. The predicted octanol–water partition coefficient (Wildman–Crippen LogP) is 6.50. The minimum atomic E-state index is -0.287. The van der Waals surface area contributed by atoms with E-state index in [4.69, 9.17) is 4.42 Å². The molecule has 0 fully saturated rings. The number of furan rings is 1. The predicted molar refractivity (Wildman–Crippen MR) is 131 cm³/mol. The minimum Gasteiger partial charge on any atom is -0.451 e. The number of amides is 1. The first-order valence-corrected chi connectivity index (χ1v) is 10.6. The summed E-state index contributed by atoms with van der Waals surface area (Å²) in [7, 11) is 0. The van der Waals surface area contributed by atoms with E-state index in [9.17, 15) is 4.79 Å². The molecule has 0 saturated carbocycles. The lowest BCUT2D eigenvalue weighted by Crippen LogP contribution is -2.12. The van der Waals surface area contributed by atoms with Crippen LogP contribution in [0.1, 0.15) is 21.9 Å². The molecule has 0 atom stereocenters. The van der Waals surface area contributed by atoms with Crippen molar-refractivity contribution in [3.63, 3.8) is 0 Å². The van der Waals surface area contributed by atoms with Gasteiger partial charge in [0.05, 0.1) is 5.69 Å². The van der Waals surface area contributed by atoms with Crippen LogP contribution in [-0.2, 0) is 0 Å². The van der Waals surface area contributed by atoms with Gasteiger partial charge in [-0.1, -0.05) is 54.6 Å². The number of carbonyl (C=O) groups is 1. The highest BCUT2D eigenvalue weighted by Gasteiger charge is 2.17. The van der Waals surface area contributed by atoms with Crippen molar-refractivity contribution >= 4 is 34.1 Å². The van der Waals surface area contributed by atoms with Crippen molar-refractivity contribution in [2.75, 3.05) is 10.6 Å². The first-order chi connectivity index (χ1) is 16.1. The van der Waals surface area contributed by atoms with Gasteiger partial charge in [0.25, 0.3) is 5.91 Å². The molecule has 33 heavy (non-hydrogen) atoms. The van der Waals surface area contributed by atoms with Crippen molar-refractivity contribution in [2.45, 2.75) is 13.8 Å². The molecule has 2 heterocycles. The van der Waals surface area contributed by atoms with E-state index in [-0.39, 0.29) is 5.91 Å². The highest BCUT2D eigenvalue weighted by molar-refractivity contribution is 6.06. The minimum absolute atomic E-state index is 0.287. The third kappa shape index (κ3) is 4.32. The summed E-state index contributed by atoms with van der Waals surface area (Å²) in [4.78, 5) is 21.9. The number of para-hydroxylation sites is 1. The molecule has 0 aliphatic heterocycles. The number of nitrogens with one attached hydrogen (secondary N) is 2. The van der Waals surface area contributed by atoms with Crippen molar-refractivity contribution in [1.82, 2.24) is 9.97 Å². The van der Waals surface area contributed by atoms with Crippen LogP contribution in [0.4, 0.5) is 17.2 Å². The van der Waals surface area contributed by atoms with E-state index in [1.54, 1.807) is 0 Å². The summed E-state index contributed by atoms with van der Waals surface area (Å²) in [5, 5.41) is 7.18. The van der Waals surface area contributed by atoms with Gasteiger partial charge >= 0.3 is 0 Å². The van der Waals surface area contributed by atoms with E-state index in [0.29, 0.717) is 28.7 Å². The Hall–Kier alpha value is -4.45. The van der Waals surface area contributed by atoms with Crippen molar-refractivity contribution in [3.05, 3.63) is 102 Å². The smallest absolute Gasteiger partial charge is 0.291 e. The second kappa shape index (κ2) is 8.59. The number of benzene rings is 3. The van der Waals surface area contributed by atoms with Crippen molar-refractivity contribution in [3.8, 4) is 11.3 Å². The SMILES string of the molecule is Cc1nc(Nc2cccc(NC(=O)c3oc4ccccc4c3C)c2)cc(-c2ccccc2)n1. The molecule has 1 amide bonds. The standard InChI is InChI=1S/C27H22N4O2/c1-17-22-13-6-7-14-24(22)33-26(17)27(32)31-21-12-8-11-20(15-21)30-25-16-23(28-18(2)29-25)19-9-4-3-5-10-19/h3-16H,1-2H3,(H,31,32)(H,28,29,30). The van der Waals surface area contributed by atoms with Crippen LogP contribution >= 0.6 is 0 Å². The van der Waals surface area contributed by atoms with Gasteiger partial charge in [0.1, 0.15) is 17.2 Å². The van der Waals surface area contributed by atoms with Crippen LogP contribution in [0, 0.1) is 13.8 Å². The summed E-state index contributed by atoms with van der Waals surface area (Å²) < 4.78 is 5.78. The zero-order chi connectivity index (χ0) is 22.8. The maximum Gasteiger partial charge on any atom is 0.291 e. The Kier molecular flexibility index (Phi) is 5.32. The molecule has 162 valence electrons. The van der Waals surface area contributed by atoms with Crippen LogP contribution in [-0.4, -0.2) is 15.9 Å². The lowest BCUT2D eigenvalue weighted by molar-refractivity contribution is 0.0998. The molecule has 5 rings (SSSR count). The van der Waals surface area contributed by atoms with E-state index >= 15 is 0 Å². The van der Waals surface area contributed by atoms with E-state index < -0.39 is 0 Å². The fourth-order valence-electron chi connectivity index (χ4n) is 3.79. The summed E-state index contributed by atoms with van der Waals surface area (Å²) in [5.74, 6) is 1.38. The molecule has 0 radical (unpaired) electrons. The molecule has 0 bridgehead atoms. The number of anilines is 3. The Morgan fingerprint density at radius 3 is 2.39 bits per heavy atom. The van der Waals surface area contributed by atoms with Gasteiger partial charge in [-0.3, -0.25) is 4.79 Å². The number of aryl methyl sites for hydroxylation is 2. The molecule has 0 saturated heterocycles. The fourth-order valence-corrected chi connectivity index (χ4v) is 3.79. The number of fused-ring (bicyclic) bond motifs is 1. The van der Waals surface area contributed by atoms with Gasteiger partial charge in [0, 0.05) is 34.0 Å². The van der Waals surface area contributed by atoms with Crippen LogP contribution in [0.25, 0.3) is 22.2 Å². The Bertz CT molecular complexity index is 1460. The van der Waals surface area contributed by atoms with Gasteiger partial charge < -0.3 is 15.1 Å². The van der Waals surface area contributed by atoms with Gasteiger partial charge in [-0.2, -0.15) is 0 Å². The molecule has 0 aliphatic rings. The summed E-state index contributed by atoms with van der Waals surface area (Å²) in [6.45, 7) is 3.75. The zero-order valence-corrected chi connectivity index (χ0v) is 18.3. The number of nitrogens with zero attached hydrogens (tertiary/aromatic N) is 2. The number of rotatable bonds is 5. The molecule has 5 aromatic rings. The zero-order valence-electron chi connectivity index (χ0n) is 18.3. The average molecular weight is 434 g/mol. The molecule has 6 heteroatoms. The molecule has 0 spiro atoms. The monoisotopic (exact) mass is 434 g/mol. The fraction of sp³-hybridized carbons (Fsp3) is 0.0741. The first-order valence-electron chi connectivity index (χ1n) is 10.6. The Morgan fingerprint density at radius 2 is 1.58 bits per heavy atom. The van der Waals surface area contributed by atoms with Crippen LogP contribution in [0.5, 0.6) is 0 Å². The second-order valence-corrected chi connectivity index (χ2v) is 7.76. The molecule has 0 unspecified atom stereocenters. The van der Waals surface area contributed by atoms with Crippen LogP contribution in [0.15, 0.2) is 89.3 Å². The topological polar surface area (TPSA) is 80.0 Å². The molecule has 0 aliphatic carbocycles. The molecular weight excluding hydrogens is 412 g/mol. The summed E-state index contributed by atoms with van der Waals surface area (Å²) in [5.41, 5.74) is 4.83. The molecule has 2 N–H and O–H groups in total. The quantitative estimate of drug-likeness (QED) is 0.330. The third-order valence-corrected chi connectivity index (χ3v) is 5.35. The van der Waals surface area contributed by atoms with Crippen LogP contribution in [0.3, 0.4) is 0 Å². The van der Waals surface area contributed by atoms with Gasteiger partial charge in [0.2, 0.25) is 0 Å². The van der Waals surface area contributed by atoms with E-state index in [2.05, 4.69) is 20.6 Å². The van der Waals surface area contributed by atoms with E-state index in [1.165, 1.54) is 0 Å². The second-order valence-electron chi connectivity index (χ2n) is 7.76. The van der Waals surface area contributed by atoms with Gasteiger partial charge in [0.15, 0.2) is 5.76 Å². The lowest BCUT2D eigenvalue weighted by Gasteiger charge is -2.11. The van der Waals surface area contributed by atoms with Crippen molar-refractivity contribution in [2.24, 2.45) is 0 Å². The Morgan fingerprint density at radius 1 is 0.818 bits per heavy atom. The normalized spacial score (nSPS) is 10.8. The van der Waals surface area contributed by atoms with Crippen LogP contribution < -0.4 is 10.6 Å². The average Bonchev–Trinajstić information content (AvgIpc) is 3.16. The van der Waals surface area contributed by atoms with Crippen molar-refractivity contribution in [1.29, 1.82) is 0 Å². The highest BCUT2D eigenvalue weighted by Crippen LogP contribution is 2.27. The number of aromatic nitrogens is 2. The third-order valence-electron chi connectivity index (χ3n) is 5.35. The first kappa shape index (κ1) is 20.5. The number of hydrogen-bond donors (Lipinski definition) is 2. The Labute approximate surface area is 191 Å². The van der Waals surface area contributed by atoms with Crippen LogP contribution in [0.2, 0.25) is 0 Å². The summed E-state index contributed by atoms with van der Waals surface area (Å²) in [6.07, 6.45) is 0. The van der Waals surface area contributed by atoms with E-state index in [1.807, 2.05) is 98.8 Å². The maximum absolute atomic E-state index is 12.9. The molecule has 6 nitrogen and oxygen atoms in total. The number of hydrogen-bond acceptors (Lipinski definition) is 5.